The molecule has 1 unspecified atom stereocenters. The lowest BCUT2D eigenvalue weighted by atomic mass is 9.60. The molecule has 1 spiro atoms. The monoisotopic (exact) mass is 500 g/mol. The standard InChI is InChI=1S/C37H24O2/c1-3-12-25(13-4-1)27-22-23-34-31(24-27)37(29-17-7-9-19-32(29)38-34)30-18-8-10-20-33(30)39-35-21-11-16-28(36(35)37)26-14-5-2-6-15-26/h1-24H. The van der Waals surface area contributed by atoms with E-state index in [0.717, 1.165) is 61.9 Å². The van der Waals surface area contributed by atoms with E-state index >= 15 is 0 Å². The van der Waals surface area contributed by atoms with Crippen LogP contribution in [0.1, 0.15) is 22.3 Å². The molecule has 0 saturated heterocycles. The van der Waals surface area contributed by atoms with Gasteiger partial charge < -0.3 is 9.47 Å². The van der Waals surface area contributed by atoms with E-state index in [0.29, 0.717) is 0 Å². The van der Waals surface area contributed by atoms with Crippen LogP contribution in [0.4, 0.5) is 0 Å². The van der Waals surface area contributed by atoms with Gasteiger partial charge in [0.2, 0.25) is 0 Å². The Labute approximate surface area is 227 Å². The highest BCUT2D eigenvalue weighted by molar-refractivity contribution is 5.84. The molecule has 6 aromatic rings. The summed E-state index contributed by atoms with van der Waals surface area (Å²) in [6, 6.07) is 51.0. The second kappa shape index (κ2) is 8.47. The number of benzene rings is 6. The van der Waals surface area contributed by atoms with Gasteiger partial charge in [-0.1, -0.05) is 115 Å². The number of fused-ring (bicyclic) bond motifs is 8. The van der Waals surface area contributed by atoms with E-state index in [1.54, 1.807) is 0 Å². The van der Waals surface area contributed by atoms with Crippen molar-refractivity contribution in [3.05, 3.63) is 168 Å². The molecule has 0 N–H and O–H groups in total. The number of para-hydroxylation sites is 2. The van der Waals surface area contributed by atoms with Crippen LogP contribution in [0.5, 0.6) is 23.0 Å². The number of rotatable bonds is 2. The van der Waals surface area contributed by atoms with Gasteiger partial charge in [0.1, 0.15) is 23.0 Å². The summed E-state index contributed by atoms with van der Waals surface area (Å²) in [6.45, 7) is 0. The van der Waals surface area contributed by atoms with Gasteiger partial charge in [0.05, 0.1) is 5.41 Å². The Hall–Kier alpha value is -5.08. The zero-order valence-corrected chi connectivity index (χ0v) is 21.2. The lowest BCUT2D eigenvalue weighted by Crippen LogP contribution is -2.37. The first-order chi connectivity index (χ1) is 19.3. The second-order valence-electron chi connectivity index (χ2n) is 10.1. The second-order valence-corrected chi connectivity index (χ2v) is 10.1. The van der Waals surface area contributed by atoms with E-state index in [2.05, 4.69) is 133 Å². The number of hydrogen-bond donors (Lipinski definition) is 0. The highest BCUT2D eigenvalue weighted by Gasteiger charge is 2.51. The van der Waals surface area contributed by atoms with Crippen molar-refractivity contribution in [3.8, 4) is 45.3 Å². The molecular weight excluding hydrogens is 476 g/mol. The largest absolute Gasteiger partial charge is 0.457 e. The summed E-state index contributed by atoms with van der Waals surface area (Å²) in [5.41, 5.74) is 8.46. The maximum atomic E-state index is 6.67. The van der Waals surface area contributed by atoms with Crippen LogP contribution in [0.3, 0.4) is 0 Å². The Morgan fingerprint density at radius 1 is 0.359 bits per heavy atom. The Balaban J connectivity index is 1.56. The first-order valence-corrected chi connectivity index (χ1v) is 13.3. The van der Waals surface area contributed by atoms with E-state index in [4.69, 9.17) is 9.47 Å². The van der Waals surface area contributed by atoms with Crippen molar-refractivity contribution >= 4 is 0 Å². The molecule has 39 heavy (non-hydrogen) atoms. The average Bonchev–Trinajstić information content (AvgIpc) is 3.01. The van der Waals surface area contributed by atoms with Gasteiger partial charge in [-0.25, -0.2) is 0 Å². The van der Waals surface area contributed by atoms with Crippen molar-refractivity contribution in [2.24, 2.45) is 0 Å². The minimum absolute atomic E-state index is 0.647. The smallest absolute Gasteiger partial charge is 0.132 e. The summed E-state index contributed by atoms with van der Waals surface area (Å²) in [4.78, 5) is 0. The first-order valence-electron chi connectivity index (χ1n) is 13.3. The van der Waals surface area contributed by atoms with Gasteiger partial charge in [-0.2, -0.15) is 0 Å². The van der Waals surface area contributed by atoms with Crippen molar-refractivity contribution < 1.29 is 9.47 Å². The van der Waals surface area contributed by atoms with Gasteiger partial charge in [-0.3, -0.25) is 0 Å². The third kappa shape index (κ3) is 3.15. The Bertz CT molecular complexity index is 1820. The average molecular weight is 501 g/mol. The topological polar surface area (TPSA) is 18.5 Å². The van der Waals surface area contributed by atoms with E-state index in [1.807, 2.05) is 12.1 Å². The van der Waals surface area contributed by atoms with Crippen molar-refractivity contribution in [1.82, 2.24) is 0 Å². The molecule has 0 bridgehead atoms. The summed E-state index contributed by atoms with van der Waals surface area (Å²) in [7, 11) is 0. The van der Waals surface area contributed by atoms with E-state index in [-0.39, 0.29) is 0 Å². The molecule has 0 amide bonds. The Kier molecular flexibility index (Phi) is 4.77. The summed E-state index contributed by atoms with van der Waals surface area (Å²) in [5.74, 6) is 3.45. The van der Waals surface area contributed by atoms with Gasteiger partial charge in [-0.15, -0.1) is 0 Å². The maximum Gasteiger partial charge on any atom is 0.132 e. The van der Waals surface area contributed by atoms with Crippen molar-refractivity contribution in [2.45, 2.75) is 5.41 Å². The molecule has 0 saturated carbocycles. The number of ether oxygens (including phenoxy) is 2. The van der Waals surface area contributed by atoms with Crippen LogP contribution in [0.15, 0.2) is 146 Å². The fraction of sp³-hybridized carbons (Fsp3) is 0.0270. The van der Waals surface area contributed by atoms with Crippen molar-refractivity contribution in [1.29, 1.82) is 0 Å². The molecule has 1 atom stereocenters. The van der Waals surface area contributed by atoms with Gasteiger partial charge in [-0.05, 0) is 52.6 Å². The molecule has 0 radical (unpaired) electrons. The molecule has 8 rings (SSSR count). The van der Waals surface area contributed by atoms with Crippen LogP contribution in [0.25, 0.3) is 22.3 Å². The molecule has 0 aromatic heterocycles. The lowest BCUT2D eigenvalue weighted by molar-refractivity contribution is 0.400. The van der Waals surface area contributed by atoms with Gasteiger partial charge >= 0.3 is 0 Å². The summed E-state index contributed by atoms with van der Waals surface area (Å²) in [6.07, 6.45) is 0. The molecule has 2 heteroatoms. The zero-order chi connectivity index (χ0) is 25.8. The van der Waals surface area contributed by atoms with Crippen molar-refractivity contribution in [2.75, 3.05) is 0 Å². The molecule has 2 aliphatic rings. The van der Waals surface area contributed by atoms with Crippen LogP contribution in [0.2, 0.25) is 0 Å². The molecular formula is C37H24O2. The normalized spacial score (nSPS) is 16.2. The van der Waals surface area contributed by atoms with E-state index < -0.39 is 5.41 Å². The third-order valence-electron chi connectivity index (χ3n) is 8.00. The quantitative estimate of drug-likeness (QED) is 0.235. The van der Waals surface area contributed by atoms with Crippen molar-refractivity contribution in [3.63, 3.8) is 0 Å². The van der Waals surface area contributed by atoms with Gasteiger partial charge in [0.25, 0.3) is 0 Å². The molecule has 184 valence electrons. The molecule has 2 aliphatic heterocycles. The molecule has 2 nitrogen and oxygen atoms in total. The van der Waals surface area contributed by atoms with Crippen LogP contribution in [0, 0.1) is 0 Å². The predicted octanol–water partition coefficient (Wildman–Crippen LogP) is 9.61. The van der Waals surface area contributed by atoms with Gasteiger partial charge in [0, 0.05) is 22.3 Å². The maximum absolute atomic E-state index is 6.67. The van der Waals surface area contributed by atoms with Crippen LogP contribution in [-0.4, -0.2) is 0 Å². The molecule has 2 heterocycles. The van der Waals surface area contributed by atoms with Crippen LogP contribution < -0.4 is 9.47 Å². The van der Waals surface area contributed by atoms with Gasteiger partial charge in [0.15, 0.2) is 0 Å². The summed E-state index contributed by atoms with van der Waals surface area (Å²) in [5, 5.41) is 0. The Morgan fingerprint density at radius 3 is 1.59 bits per heavy atom. The first kappa shape index (κ1) is 22.0. The minimum atomic E-state index is -0.647. The molecule has 0 fully saturated rings. The summed E-state index contributed by atoms with van der Waals surface area (Å²) >= 11 is 0. The SMILES string of the molecule is c1ccc(-c2ccc3c(c2)C2(c4ccccc4O3)c3ccccc3Oc3cccc(-c4ccccc4)c32)cc1. The van der Waals surface area contributed by atoms with E-state index in [9.17, 15) is 0 Å². The fourth-order valence-electron chi connectivity index (χ4n) is 6.39. The van der Waals surface area contributed by atoms with Crippen LogP contribution in [-0.2, 0) is 5.41 Å². The predicted molar refractivity (Wildman–Crippen MR) is 156 cm³/mol. The lowest BCUT2D eigenvalue weighted by Gasteiger charge is -2.45. The highest BCUT2D eigenvalue weighted by atomic mass is 16.5. The fourth-order valence-corrected chi connectivity index (χ4v) is 6.39. The van der Waals surface area contributed by atoms with E-state index in [1.165, 1.54) is 5.56 Å². The highest BCUT2D eigenvalue weighted by Crippen LogP contribution is 2.63. The van der Waals surface area contributed by atoms with Crippen LogP contribution >= 0.6 is 0 Å². The molecule has 0 aliphatic carbocycles. The third-order valence-corrected chi connectivity index (χ3v) is 8.00. The zero-order valence-electron chi connectivity index (χ0n) is 21.2. The molecule has 6 aromatic carbocycles. The Morgan fingerprint density at radius 2 is 0.897 bits per heavy atom. The summed E-state index contributed by atoms with van der Waals surface area (Å²) < 4.78 is 13.3. The number of hydrogen-bond acceptors (Lipinski definition) is 2. The minimum Gasteiger partial charge on any atom is -0.457 e.